The van der Waals surface area contributed by atoms with Crippen LogP contribution in [0.15, 0.2) is 84.1 Å². The number of likely N-dealkylation sites (tertiary alicyclic amines) is 1. The molecule has 256 valence electrons. The fraction of sp³-hybridized carbons (Fsp3) is 0.342. The predicted molar refractivity (Wildman–Crippen MR) is 200 cm³/mol. The molecule has 49 heavy (non-hydrogen) atoms. The number of hydrogen-bond donors (Lipinski definition) is 1. The van der Waals surface area contributed by atoms with Gasteiger partial charge in [0.05, 0.1) is 35.2 Å². The summed E-state index contributed by atoms with van der Waals surface area (Å²) < 4.78 is 23.9. The van der Waals surface area contributed by atoms with Gasteiger partial charge in [-0.2, -0.15) is 5.10 Å². The maximum absolute atomic E-state index is 13.2. The number of fused-ring (bicyclic) bond motifs is 1. The van der Waals surface area contributed by atoms with Crippen LogP contribution in [-0.4, -0.2) is 60.6 Å². The highest BCUT2D eigenvalue weighted by Gasteiger charge is 2.35. The molecule has 11 heteroatoms. The minimum atomic E-state index is -0.572. The molecule has 3 aromatic carbocycles. The summed E-state index contributed by atoms with van der Waals surface area (Å²) in [5.74, 6) is 3.76. The molecule has 0 radical (unpaired) electrons. The van der Waals surface area contributed by atoms with Crippen LogP contribution in [0.3, 0.4) is 0 Å². The number of hydrogen-bond acceptors (Lipinski definition) is 9. The summed E-state index contributed by atoms with van der Waals surface area (Å²) in [6, 6.07) is 23.5. The van der Waals surface area contributed by atoms with Gasteiger partial charge in [0, 0.05) is 49.4 Å². The van der Waals surface area contributed by atoms with Crippen molar-refractivity contribution in [1.82, 2.24) is 9.88 Å². The second kappa shape index (κ2) is 14.9. The van der Waals surface area contributed by atoms with E-state index in [-0.39, 0.29) is 12.1 Å². The number of amides is 1. The topological polar surface area (TPSA) is 97.8 Å². The van der Waals surface area contributed by atoms with Crippen molar-refractivity contribution in [2.75, 3.05) is 37.6 Å². The lowest BCUT2D eigenvalue weighted by Gasteiger charge is -2.41. The van der Waals surface area contributed by atoms with Crippen molar-refractivity contribution in [1.29, 1.82) is 0 Å². The molecule has 1 saturated heterocycles. The van der Waals surface area contributed by atoms with E-state index < -0.39 is 5.60 Å². The van der Waals surface area contributed by atoms with Gasteiger partial charge in [0.15, 0.2) is 0 Å². The van der Waals surface area contributed by atoms with E-state index >= 15 is 0 Å². The number of nitrogens with one attached hydrogen (secondary N) is 1. The van der Waals surface area contributed by atoms with Crippen LogP contribution in [-0.2, 0) is 17.7 Å². The number of carbonyl (C=O) groups excluding carboxylic acids is 1. The Hall–Kier alpha value is -4.52. The summed E-state index contributed by atoms with van der Waals surface area (Å²) in [6.45, 7) is 7.33. The first-order valence-electron chi connectivity index (χ1n) is 16.4. The normalized spacial score (nSPS) is 16.0. The summed E-state index contributed by atoms with van der Waals surface area (Å²) in [5, 5.41) is 11.0. The van der Waals surface area contributed by atoms with Crippen LogP contribution in [0, 0.1) is 3.57 Å². The Bertz CT molecular complexity index is 1810. The van der Waals surface area contributed by atoms with Crippen LogP contribution < -0.4 is 24.5 Å². The number of carbonyl (C=O) groups is 1. The van der Waals surface area contributed by atoms with E-state index in [2.05, 4.69) is 32.9 Å². The Morgan fingerprint density at radius 1 is 0.980 bits per heavy atom. The van der Waals surface area contributed by atoms with Crippen LogP contribution in [0.1, 0.15) is 50.3 Å². The molecule has 2 aliphatic heterocycles. The molecule has 0 spiro atoms. The Balaban J connectivity index is 1.34. The largest absolute Gasteiger partial charge is 0.497 e. The quantitative estimate of drug-likeness (QED) is 0.170. The number of hydrazone groups is 1. The molecule has 0 saturated carbocycles. The second-order valence-electron chi connectivity index (χ2n) is 13.0. The second-order valence-corrected chi connectivity index (χ2v) is 14.2. The summed E-state index contributed by atoms with van der Waals surface area (Å²) in [7, 11) is 3.30. The molecule has 1 unspecified atom stereocenters. The average Bonchev–Trinajstić information content (AvgIpc) is 3.11. The SMILES string of the molecule is COc1ccc(CNc2ncc(I)c3c2CC(c2ccc(Oc4ccccc4)cc2)=NN3C2CCCN(C(=O)OC(C)(C)C)C2)c(OC)c1. The van der Waals surface area contributed by atoms with E-state index in [1.807, 2.05) is 105 Å². The van der Waals surface area contributed by atoms with Gasteiger partial charge >= 0.3 is 6.09 Å². The summed E-state index contributed by atoms with van der Waals surface area (Å²) in [6.07, 6.45) is 3.87. The molecule has 6 rings (SSSR count). The van der Waals surface area contributed by atoms with Crippen LogP contribution in [0.25, 0.3) is 0 Å². The fourth-order valence-corrected chi connectivity index (χ4v) is 6.77. The van der Waals surface area contributed by atoms with Gasteiger partial charge in [-0.25, -0.2) is 9.78 Å². The number of halogens is 1. The van der Waals surface area contributed by atoms with Crippen molar-refractivity contribution in [3.63, 3.8) is 0 Å². The summed E-state index contributed by atoms with van der Waals surface area (Å²) in [5.41, 5.74) is 4.34. The minimum Gasteiger partial charge on any atom is -0.497 e. The molecule has 1 atom stereocenters. The third-order valence-corrected chi connectivity index (χ3v) is 9.20. The predicted octanol–water partition coefficient (Wildman–Crippen LogP) is 8.27. The van der Waals surface area contributed by atoms with Crippen molar-refractivity contribution >= 4 is 45.9 Å². The maximum atomic E-state index is 13.2. The molecule has 1 fully saturated rings. The standard InChI is InChI=1S/C38H42IN5O5/c1-38(2,3)49-37(45)43-19-9-10-27(24-43)44-35-31(21-33(42-44)25-13-16-29(17-14-25)48-28-11-7-6-8-12-28)36(41-23-32(35)39)40-22-26-15-18-30(46-4)20-34(26)47-5/h6-8,11-18,20,23,27H,9-10,19,21-22,24H2,1-5H3,(H,40,41). The van der Waals surface area contributed by atoms with Crippen molar-refractivity contribution in [3.05, 3.63) is 99.3 Å². The number of methoxy groups -OCH3 is 2. The molecular weight excluding hydrogens is 733 g/mol. The molecule has 1 N–H and O–H groups in total. The van der Waals surface area contributed by atoms with E-state index in [1.54, 1.807) is 14.2 Å². The minimum absolute atomic E-state index is 0.0542. The van der Waals surface area contributed by atoms with Crippen LogP contribution in [0.4, 0.5) is 16.3 Å². The average molecular weight is 776 g/mol. The summed E-state index contributed by atoms with van der Waals surface area (Å²) in [4.78, 5) is 19.9. The highest BCUT2D eigenvalue weighted by molar-refractivity contribution is 14.1. The zero-order chi connectivity index (χ0) is 34.5. The highest BCUT2D eigenvalue weighted by Crippen LogP contribution is 2.39. The molecule has 1 amide bonds. The zero-order valence-electron chi connectivity index (χ0n) is 28.5. The third kappa shape index (κ3) is 8.21. The van der Waals surface area contributed by atoms with E-state index in [1.165, 1.54) is 0 Å². The molecule has 3 heterocycles. The first-order valence-corrected chi connectivity index (χ1v) is 17.5. The van der Waals surface area contributed by atoms with Gasteiger partial charge in [-0.1, -0.05) is 18.2 Å². The smallest absolute Gasteiger partial charge is 0.410 e. The lowest BCUT2D eigenvalue weighted by Crippen LogP contribution is -2.51. The van der Waals surface area contributed by atoms with Gasteiger partial charge in [-0.15, -0.1) is 0 Å². The lowest BCUT2D eigenvalue weighted by atomic mass is 9.97. The number of ether oxygens (including phenoxy) is 4. The number of anilines is 2. The molecule has 10 nitrogen and oxygen atoms in total. The van der Waals surface area contributed by atoms with Gasteiger partial charge in [0.25, 0.3) is 0 Å². The van der Waals surface area contributed by atoms with Gasteiger partial charge in [0.1, 0.15) is 34.4 Å². The molecule has 0 bridgehead atoms. The number of nitrogens with zero attached hydrogens (tertiary/aromatic N) is 4. The number of pyridine rings is 1. The van der Waals surface area contributed by atoms with Gasteiger partial charge in [0.2, 0.25) is 0 Å². The molecule has 4 aromatic rings. The van der Waals surface area contributed by atoms with Crippen molar-refractivity contribution < 1.29 is 23.7 Å². The van der Waals surface area contributed by atoms with Gasteiger partial charge in [-0.3, -0.25) is 5.01 Å². The molecule has 2 aliphatic rings. The van der Waals surface area contributed by atoms with Crippen molar-refractivity contribution in [2.24, 2.45) is 5.10 Å². The number of rotatable bonds is 9. The number of piperidine rings is 1. The van der Waals surface area contributed by atoms with E-state index in [4.69, 9.17) is 29.0 Å². The van der Waals surface area contributed by atoms with E-state index in [0.29, 0.717) is 26.1 Å². The fourth-order valence-electron chi connectivity index (χ4n) is 6.05. The number of benzene rings is 3. The Morgan fingerprint density at radius 2 is 1.71 bits per heavy atom. The highest BCUT2D eigenvalue weighted by atomic mass is 127. The third-order valence-electron chi connectivity index (χ3n) is 8.41. The molecule has 1 aromatic heterocycles. The molecular formula is C38H42IN5O5. The van der Waals surface area contributed by atoms with Gasteiger partial charge < -0.3 is 29.2 Å². The zero-order valence-corrected chi connectivity index (χ0v) is 30.7. The van der Waals surface area contributed by atoms with Crippen molar-refractivity contribution in [2.45, 2.75) is 58.2 Å². The van der Waals surface area contributed by atoms with E-state index in [9.17, 15) is 4.79 Å². The van der Waals surface area contributed by atoms with Crippen LogP contribution in [0.2, 0.25) is 0 Å². The number of aromatic nitrogens is 1. The maximum Gasteiger partial charge on any atom is 0.410 e. The Kier molecular flexibility index (Phi) is 10.5. The first kappa shape index (κ1) is 34.3. The summed E-state index contributed by atoms with van der Waals surface area (Å²) >= 11 is 2.35. The van der Waals surface area contributed by atoms with Crippen LogP contribution >= 0.6 is 22.6 Å². The van der Waals surface area contributed by atoms with Crippen molar-refractivity contribution in [3.8, 4) is 23.0 Å². The molecule has 0 aliphatic carbocycles. The first-order chi connectivity index (χ1) is 23.6. The Labute approximate surface area is 301 Å². The van der Waals surface area contributed by atoms with E-state index in [0.717, 1.165) is 73.3 Å². The van der Waals surface area contributed by atoms with Crippen LogP contribution in [0.5, 0.6) is 23.0 Å². The Morgan fingerprint density at radius 3 is 2.43 bits per heavy atom. The van der Waals surface area contributed by atoms with Gasteiger partial charge in [-0.05, 0) is 110 Å². The lowest BCUT2D eigenvalue weighted by molar-refractivity contribution is 0.0198. The monoisotopic (exact) mass is 775 g/mol. The number of para-hydroxylation sites is 1.